The maximum atomic E-state index is 10.1. The molecule has 0 aromatic heterocycles. The summed E-state index contributed by atoms with van der Waals surface area (Å²) in [7, 11) is 1.66. The van der Waals surface area contributed by atoms with Gasteiger partial charge in [0.15, 0.2) is 0 Å². The molecule has 21 heavy (non-hydrogen) atoms. The van der Waals surface area contributed by atoms with Gasteiger partial charge in [-0.3, -0.25) is 4.90 Å². The molecule has 0 bridgehead atoms. The van der Waals surface area contributed by atoms with Gasteiger partial charge in [-0.15, -0.1) is 0 Å². The summed E-state index contributed by atoms with van der Waals surface area (Å²) < 4.78 is 10.9. The maximum Gasteiger partial charge on any atom is 0.124 e. The molecule has 0 amide bonds. The lowest BCUT2D eigenvalue weighted by molar-refractivity contribution is -0.00177. The van der Waals surface area contributed by atoms with Crippen molar-refractivity contribution in [3.05, 3.63) is 29.8 Å². The summed E-state index contributed by atoms with van der Waals surface area (Å²) in [5, 5.41) is 10.1. The number of para-hydroxylation sites is 1. The van der Waals surface area contributed by atoms with Gasteiger partial charge in [0.05, 0.1) is 26.4 Å². The maximum absolute atomic E-state index is 10.1. The predicted octanol–water partition coefficient (Wildman–Crippen LogP) is 2.45. The third kappa shape index (κ3) is 4.99. The van der Waals surface area contributed by atoms with Gasteiger partial charge in [-0.1, -0.05) is 24.6 Å². The van der Waals surface area contributed by atoms with Gasteiger partial charge in [-0.2, -0.15) is 0 Å². The second kappa shape index (κ2) is 8.37. The van der Waals surface area contributed by atoms with E-state index in [1.807, 2.05) is 24.3 Å². The third-order valence-electron chi connectivity index (χ3n) is 4.15. The minimum atomic E-state index is -0.430. The Morgan fingerprint density at radius 2 is 2.14 bits per heavy atom. The number of piperidine rings is 1. The summed E-state index contributed by atoms with van der Waals surface area (Å²) in [6, 6.07) is 8.38. The fraction of sp³-hybridized carbons (Fsp3) is 0.647. The number of likely N-dealkylation sites (tertiary alicyclic amines) is 1. The zero-order valence-corrected chi connectivity index (χ0v) is 13.1. The molecule has 0 radical (unpaired) electrons. The number of aliphatic hydroxyl groups is 1. The first kappa shape index (κ1) is 16.3. The summed E-state index contributed by atoms with van der Waals surface area (Å²) in [5.41, 5.74) is 1.01. The molecule has 1 fully saturated rings. The number of rotatable bonds is 7. The molecule has 0 saturated carbocycles. The van der Waals surface area contributed by atoms with Crippen molar-refractivity contribution >= 4 is 0 Å². The highest BCUT2D eigenvalue weighted by Crippen LogP contribution is 2.19. The first-order chi connectivity index (χ1) is 10.2. The summed E-state index contributed by atoms with van der Waals surface area (Å²) in [4.78, 5) is 2.36. The van der Waals surface area contributed by atoms with E-state index in [9.17, 15) is 5.11 Å². The van der Waals surface area contributed by atoms with Crippen LogP contribution >= 0.6 is 0 Å². The number of hydrogen-bond acceptors (Lipinski definition) is 4. The standard InChI is InChI=1S/C17H27NO3/c1-14-7-5-6-10-18(14)11-16(19)13-21-12-15-8-3-4-9-17(15)20-2/h3-4,8-9,14,16,19H,5-7,10-13H2,1-2H3/t14-,16+/m0/s1. The van der Waals surface area contributed by atoms with Gasteiger partial charge in [0.25, 0.3) is 0 Å². The highest BCUT2D eigenvalue weighted by Gasteiger charge is 2.20. The molecule has 1 aliphatic heterocycles. The van der Waals surface area contributed by atoms with E-state index in [1.165, 1.54) is 19.3 Å². The van der Waals surface area contributed by atoms with Gasteiger partial charge < -0.3 is 14.6 Å². The van der Waals surface area contributed by atoms with Crippen LogP contribution in [0.15, 0.2) is 24.3 Å². The Morgan fingerprint density at radius 3 is 2.90 bits per heavy atom. The number of β-amino-alcohol motifs (C(OH)–C–C–N with tert-alkyl or cyclic N) is 1. The molecule has 118 valence electrons. The quantitative estimate of drug-likeness (QED) is 0.838. The van der Waals surface area contributed by atoms with Crippen LogP contribution in [0.3, 0.4) is 0 Å². The fourth-order valence-corrected chi connectivity index (χ4v) is 2.88. The zero-order chi connectivity index (χ0) is 15.1. The van der Waals surface area contributed by atoms with Gasteiger partial charge in [0.2, 0.25) is 0 Å². The fourth-order valence-electron chi connectivity index (χ4n) is 2.88. The van der Waals surface area contributed by atoms with Crippen LogP contribution in [0.1, 0.15) is 31.7 Å². The number of aliphatic hydroxyl groups excluding tert-OH is 1. The largest absolute Gasteiger partial charge is 0.496 e. The Balaban J connectivity index is 1.72. The van der Waals surface area contributed by atoms with E-state index >= 15 is 0 Å². The van der Waals surface area contributed by atoms with E-state index < -0.39 is 6.10 Å². The van der Waals surface area contributed by atoms with Crippen molar-refractivity contribution in [2.24, 2.45) is 0 Å². The molecule has 2 rings (SSSR count). The van der Waals surface area contributed by atoms with Gasteiger partial charge >= 0.3 is 0 Å². The van der Waals surface area contributed by atoms with E-state index in [4.69, 9.17) is 9.47 Å². The van der Waals surface area contributed by atoms with Crippen molar-refractivity contribution < 1.29 is 14.6 Å². The lowest BCUT2D eigenvalue weighted by Crippen LogP contribution is -2.43. The number of benzene rings is 1. The monoisotopic (exact) mass is 293 g/mol. The Morgan fingerprint density at radius 1 is 1.33 bits per heavy atom. The van der Waals surface area contributed by atoms with Crippen LogP contribution in [0, 0.1) is 0 Å². The minimum absolute atomic E-state index is 0.362. The van der Waals surface area contributed by atoms with Crippen LogP contribution in [0.4, 0.5) is 0 Å². The number of nitrogens with zero attached hydrogens (tertiary/aromatic N) is 1. The molecule has 4 nitrogen and oxygen atoms in total. The molecule has 0 unspecified atom stereocenters. The lowest BCUT2D eigenvalue weighted by atomic mass is 10.0. The molecule has 1 heterocycles. The predicted molar refractivity (Wildman–Crippen MR) is 83.5 cm³/mol. The third-order valence-corrected chi connectivity index (χ3v) is 4.15. The van der Waals surface area contributed by atoms with Crippen molar-refractivity contribution in [2.75, 3.05) is 26.8 Å². The van der Waals surface area contributed by atoms with Crippen LogP contribution < -0.4 is 4.74 Å². The van der Waals surface area contributed by atoms with E-state index in [2.05, 4.69) is 11.8 Å². The highest BCUT2D eigenvalue weighted by molar-refractivity contribution is 5.32. The first-order valence-corrected chi connectivity index (χ1v) is 7.82. The van der Waals surface area contributed by atoms with Crippen LogP contribution in [0.2, 0.25) is 0 Å². The lowest BCUT2D eigenvalue weighted by Gasteiger charge is -2.34. The van der Waals surface area contributed by atoms with Crippen molar-refractivity contribution in [3.63, 3.8) is 0 Å². The topological polar surface area (TPSA) is 41.9 Å². The average Bonchev–Trinajstić information content (AvgIpc) is 2.50. The molecular formula is C17H27NO3. The minimum Gasteiger partial charge on any atom is -0.496 e. The van der Waals surface area contributed by atoms with E-state index in [0.717, 1.165) is 17.9 Å². The van der Waals surface area contributed by atoms with Gasteiger partial charge in [0, 0.05) is 18.2 Å². The molecule has 0 aliphatic carbocycles. The Hall–Kier alpha value is -1.10. The molecule has 1 saturated heterocycles. The Bertz CT molecular complexity index is 424. The van der Waals surface area contributed by atoms with E-state index in [0.29, 0.717) is 25.8 Å². The summed E-state index contributed by atoms with van der Waals surface area (Å²) in [5.74, 6) is 0.830. The zero-order valence-electron chi connectivity index (χ0n) is 13.1. The molecule has 1 aliphatic rings. The van der Waals surface area contributed by atoms with Crippen molar-refractivity contribution in [1.29, 1.82) is 0 Å². The summed E-state index contributed by atoms with van der Waals surface area (Å²) >= 11 is 0. The second-order valence-corrected chi connectivity index (χ2v) is 5.82. The van der Waals surface area contributed by atoms with E-state index in [1.54, 1.807) is 7.11 Å². The Kier molecular flexibility index (Phi) is 6.49. The SMILES string of the molecule is COc1ccccc1COC[C@H](O)CN1CCCC[C@@H]1C. The molecule has 0 spiro atoms. The second-order valence-electron chi connectivity index (χ2n) is 5.82. The smallest absolute Gasteiger partial charge is 0.124 e. The van der Waals surface area contributed by atoms with Crippen LogP contribution in [0.25, 0.3) is 0 Å². The van der Waals surface area contributed by atoms with Crippen LogP contribution in [-0.4, -0.2) is 49.0 Å². The molecule has 1 aromatic carbocycles. The molecule has 1 N–H and O–H groups in total. The van der Waals surface area contributed by atoms with Crippen LogP contribution in [-0.2, 0) is 11.3 Å². The van der Waals surface area contributed by atoms with Crippen molar-refractivity contribution in [1.82, 2.24) is 4.90 Å². The molecule has 2 atom stereocenters. The Labute approximate surface area is 127 Å². The van der Waals surface area contributed by atoms with Crippen LogP contribution in [0.5, 0.6) is 5.75 Å². The molecular weight excluding hydrogens is 266 g/mol. The molecule has 4 heteroatoms. The molecule has 1 aromatic rings. The van der Waals surface area contributed by atoms with Gasteiger partial charge in [0.1, 0.15) is 5.75 Å². The number of methoxy groups -OCH3 is 1. The number of hydrogen-bond donors (Lipinski definition) is 1. The van der Waals surface area contributed by atoms with Crippen molar-refractivity contribution in [2.45, 2.75) is 44.9 Å². The average molecular weight is 293 g/mol. The normalized spacial score (nSPS) is 21.2. The number of ether oxygens (including phenoxy) is 2. The van der Waals surface area contributed by atoms with E-state index in [-0.39, 0.29) is 0 Å². The highest BCUT2D eigenvalue weighted by atomic mass is 16.5. The van der Waals surface area contributed by atoms with Gasteiger partial charge in [-0.25, -0.2) is 0 Å². The first-order valence-electron chi connectivity index (χ1n) is 7.82. The summed E-state index contributed by atoms with van der Waals surface area (Å²) in [6.45, 7) is 4.86. The van der Waals surface area contributed by atoms with Gasteiger partial charge in [-0.05, 0) is 32.4 Å². The summed E-state index contributed by atoms with van der Waals surface area (Å²) in [6.07, 6.45) is 3.34. The van der Waals surface area contributed by atoms with Crippen molar-refractivity contribution in [3.8, 4) is 5.75 Å².